The highest BCUT2D eigenvalue weighted by atomic mass is 16.4. The smallest absolute Gasteiger partial charge is 0.314 e. The molecule has 0 aromatic heterocycles. The highest BCUT2D eigenvalue weighted by Gasteiger charge is 2.42. The third kappa shape index (κ3) is 5.02. The van der Waals surface area contributed by atoms with E-state index < -0.39 is 11.4 Å². The van der Waals surface area contributed by atoms with Gasteiger partial charge in [-0.05, 0) is 36.8 Å². The van der Waals surface area contributed by atoms with Crippen LogP contribution in [0.3, 0.4) is 0 Å². The molecule has 0 unspecified atom stereocenters. The Morgan fingerprint density at radius 3 is 1.54 bits per heavy atom. The number of hydrogen-bond acceptors (Lipinski definition) is 2. The van der Waals surface area contributed by atoms with Gasteiger partial charge in [0.05, 0.1) is 5.41 Å². The molecule has 0 aliphatic heterocycles. The molecule has 0 bridgehead atoms. The van der Waals surface area contributed by atoms with Crippen LogP contribution in [0, 0.1) is 0 Å². The van der Waals surface area contributed by atoms with Crippen molar-refractivity contribution in [3.8, 4) is 0 Å². The van der Waals surface area contributed by atoms with Crippen molar-refractivity contribution < 1.29 is 9.90 Å². The molecule has 0 radical (unpaired) electrons. The molecule has 2 aromatic rings. The fourth-order valence-electron chi connectivity index (χ4n) is 4.43. The average Bonchev–Trinajstić information content (AvgIpc) is 3.35. The van der Waals surface area contributed by atoms with Crippen LogP contribution in [0.5, 0.6) is 0 Å². The first-order valence-corrected chi connectivity index (χ1v) is 9.70. The van der Waals surface area contributed by atoms with Gasteiger partial charge in [-0.15, -0.1) is 0 Å². The summed E-state index contributed by atoms with van der Waals surface area (Å²) in [7, 11) is 0. The second-order valence-electron chi connectivity index (χ2n) is 7.69. The van der Waals surface area contributed by atoms with Gasteiger partial charge in [-0.1, -0.05) is 101 Å². The Morgan fingerprint density at radius 2 is 1.11 bits per heavy atom. The van der Waals surface area contributed by atoms with Crippen molar-refractivity contribution >= 4 is 5.97 Å². The van der Waals surface area contributed by atoms with E-state index in [0.717, 1.165) is 44.1 Å². The van der Waals surface area contributed by atoms with E-state index in [-0.39, 0.29) is 20.4 Å². The van der Waals surface area contributed by atoms with Gasteiger partial charge in [0.25, 0.3) is 0 Å². The summed E-state index contributed by atoms with van der Waals surface area (Å²) in [4.78, 5) is 11.3. The van der Waals surface area contributed by atoms with Crippen LogP contribution in [-0.4, -0.2) is 11.1 Å². The molecule has 3 nitrogen and oxygen atoms in total. The topological polar surface area (TPSA) is 63.3 Å². The average molecular weight is 384 g/mol. The van der Waals surface area contributed by atoms with E-state index in [0.29, 0.717) is 0 Å². The zero-order chi connectivity index (χ0) is 18.5. The first-order chi connectivity index (χ1) is 12.6. The fourth-order valence-corrected chi connectivity index (χ4v) is 4.43. The van der Waals surface area contributed by atoms with Crippen molar-refractivity contribution in [2.75, 3.05) is 0 Å². The van der Waals surface area contributed by atoms with E-state index in [1.54, 1.807) is 0 Å². The minimum Gasteiger partial charge on any atom is -0.481 e. The lowest BCUT2D eigenvalue weighted by molar-refractivity contribution is -0.143. The van der Waals surface area contributed by atoms with Crippen LogP contribution in [0.1, 0.15) is 77.3 Å². The predicted octanol–water partition coefficient (Wildman–Crippen LogP) is 6.27. The maximum Gasteiger partial charge on any atom is 0.314 e. The monoisotopic (exact) mass is 383 g/mol. The zero-order valence-corrected chi connectivity index (χ0v) is 15.4. The van der Waals surface area contributed by atoms with E-state index in [2.05, 4.69) is 24.3 Å². The van der Waals surface area contributed by atoms with Gasteiger partial charge in [-0.25, -0.2) is 0 Å². The Balaban J connectivity index is 0.000000264. The van der Waals surface area contributed by atoms with Crippen molar-refractivity contribution in [2.45, 2.75) is 77.2 Å². The molecule has 28 heavy (non-hydrogen) atoms. The van der Waals surface area contributed by atoms with Gasteiger partial charge in [0.15, 0.2) is 0 Å². The van der Waals surface area contributed by atoms with Crippen LogP contribution < -0.4 is 5.73 Å². The fraction of sp³-hybridized carbons (Fsp3) is 0.480. The van der Waals surface area contributed by atoms with Crippen LogP contribution in [-0.2, 0) is 15.7 Å². The van der Waals surface area contributed by atoms with Gasteiger partial charge < -0.3 is 10.8 Å². The normalized spacial score (nSPS) is 18.8. The highest BCUT2D eigenvalue weighted by Crippen LogP contribution is 2.41. The quantitative estimate of drug-likeness (QED) is 0.656. The van der Waals surface area contributed by atoms with E-state index in [1.807, 2.05) is 36.4 Å². The first kappa shape index (κ1) is 23.9. The zero-order valence-electron chi connectivity index (χ0n) is 15.4. The minimum atomic E-state index is -0.666. The molecule has 2 aliphatic rings. The first-order valence-electron chi connectivity index (χ1n) is 9.70. The van der Waals surface area contributed by atoms with Crippen LogP contribution in [0.15, 0.2) is 60.7 Å². The molecule has 2 fully saturated rings. The summed E-state index contributed by atoms with van der Waals surface area (Å²) in [5, 5.41) is 9.32. The van der Waals surface area contributed by atoms with Gasteiger partial charge in [0, 0.05) is 5.54 Å². The Hall–Kier alpha value is -2.13. The largest absolute Gasteiger partial charge is 0.481 e. The molecule has 2 saturated carbocycles. The molecular formula is C25H37NO2. The van der Waals surface area contributed by atoms with Crippen LogP contribution >= 0.6 is 0 Å². The Morgan fingerprint density at radius 1 is 0.714 bits per heavy atom. The van der Waals surface area contributed by atoms with Crippen molar-refractivity contribution in [3.05, 3.63) is 71.8 Å². The van der Waals surface area contributed by atoms with Gasteiger partial charge in [0.1, 0.15) is 0 Å². The van der Waals surface area contributed by atoms with Crippen molar-refractivity contribution in [2.24, 2.45) is 5.73 Å². The van der Waals surface area contributed by atoms with Gasteiger partial charge in [-0.3, -0.25) is 4.79 Å². The molecule has 0 spiro atoms. The molecule has 3 N–H and O–H groups in total. The van der Waals surface area contributed by atoms with Crippen LogP contribution in [0.2, 0.25) is 0 Å². The summed E-state index contributed by atoms with van der Waals surface area (Å²) in [5.41, 5.74) is 7.94. The molecular weight excluding hydrogens is 346 g/mol. The Bertz CT molecular complexity index is 700. The Kier molecular flexibility index (Phi) is 8.90. The highest BCUT2D eigenvalue weighted by molar-refractivity contribution is 5.81. The summed E-state index contributed by atoms with van der Waals surface area (Å²) >= 11 is 0. The molecule has 0 saturated heterocycles. The molecule has 4 rings (SSSR count). The van der Waals surface area contributed by atoms with E-state index in [1.165, 1.54) is 18.4 Å². The Labute approximate surface area is 171 Å². The number of benzene rings is 2. The van der Waals surface area contributed by atoms with Gasteiger partial charge in [-0.2, -0.15) is 0 Å². The van der Waals surface area contributed by atoms with Crippen LogP contribution in [0.25, 0.3) is 0 Å². The summed E-state index contributed by atoms with van der Waals surface area (Å²) in [6.45, 7) is 0. The number of carboxylic acid groups (broad SMARTS) is 1. The van der Waals surface area contributed by atoms with E-state index in [4.69, 9.17) is 5.73 Å². The number of aliphatic carboxylic acids is 1. The van der Waals surface area contributed by atoms with Crippen molar-refractivity contribution in [1.82, 2.24) is 0 Å². The molecule has 154 valence electrons. The second-order valence-corrected chi connectivity index (χ2v) is 7.69. The molecule has 2 aromatic carbocycles. The molecule has 0 atom stereocenters. The third-order valence-corrected chi connectivity index (χ3v) is 6.04. The summed E-state index contributed by atoms with van der Waals surface area (Å²) < 4.78 is 0. The minimum absolute atomic E-state index is 0. The third-order valence-electron chi connectivity index (χ3n) is 6.04. The molecule has 0 heterocycles. The number of nitrogens with two attached hydrogens (primary N) is 1. The SMILES string of the molecule is C.C.NC1(c2ccccc2)CCCC1.O=C(O)C1(c2ccccc2)CCCC1. The number of rotatable bonds is 3. The lowest BCUT2D eigenvalue weighted by Gasteiger charge is -2.24. The molecule has 2 aliphatic carbocycles. The maximum absolute atomic E-state index is 11.3. The predicted molar refractivity (Wildman–Crippen MR) is 118 cm³/mol. The number of carboxylic acids is 1. The molecule has 0 amide bonds. The maximum atomic E-state index is 11.3. The van der Waals surface area contributed by atoms with Crippen molar-refractivity contribution in [1.29, 1.82) is 0 Å². The lowest BCUT2D eigenvalue weighted by Crippen LogP contribution is -2.32. The van der Waals surface area contributed by atoms with E-state index >= 15 is 0 Å². The number of carbonyl (C=O) groups is 1. The van der Waals surface area contributed by atoms with Crippen molar-refractivity contribution in [3.63, 3.8) is 0 Å². The second kappa shape index (κ2) is 10.4. The summed E-state index contributed by atoms with van der Waals surface area (Å²) in [5.74, 6) is -0.666. The standard InChI is InChI=1S/C12H14O2.C11H15N.2CH4/c13-11(14)12(8-4-5-9-12)10-6-2-1-3-7-10;12-11(8-4-5-9-11)10-6-2-1-3-7-10;;/h1-3,6-7H,4-5,8-9H2,(H,13,14);1-3,6-7H,4-5,8-9,12H2;2*1H4. The van der Waals surface area contributed by atoms with Crippen LogP contribution in [0.4, 0.5) is 0 Å². The summed E-state index contributed by atoms with van der Waals surface area (Å²) in [6.07, 6.45) is 8.49. The number of hydrogen-bond donors (Lipinski definition) is 2. The van der Waals surface area contributed by atoms with Gasteiger partial charge >= 0.3 is 5.97 Å². The van der Waals surface area contributed by atoms with Gasteiger partial charge in [0.2, 0.25) is 0 Å². The van der Waals surface area contributed by atoms with E-state index in [9.17, 15) is 9.90 Å². The lowest BCUT2D eigenvalue weighted by atomic mass is 9.79. The molecule has 3 heteroatoms. The summed E-state index contributed by atoms with van der Waals surface area (Å²) in [6, 6.07) is 20.1.